The lowest BCUT2D eigenvalue weighted by atomic mass is 10.1. The molecule has 0 spiro atoms. The number of sulfonamides is 1. The van der Waals surface area contributed by atoms with Crippen molar-refractivity contribution in [1.82, 2.24) is 10.2 Å². The number of ether oxygens (including phenoxy) is 1. The smallest absolute Gasteiger partial charge is 0.271 e. The van der Waals surface area contributed by atoms with E-state index in [1.165, 1.54) is 38.3 Å². The molecular weight excluding hydrogens is 507 g/mol. The minimum atomic E-state index is -4.16. The summed E-state index contributed by atoms with van der Waals surface area (Å²) in [6, 6.07) is 7.95. The second kappa shape index (κ2) is 12.5. The van der Waals surface area contributed by atoms with E-state index in [2.05, 4.69) is 5.32 Å². The quantitative estimate of drug-likeness (QED) is 0.324. The van der Waals surface area contributed by atoms with Crippen LogP contribution >= 0.6 is 0 Å². The summed E-state index contributed by atoms with van der Waals surface area (Å²) in [5.74, 6) is -1.82. The van der Waals surface area contributed by atoms with Crippen molar-refractivity contribution in [2.75, 3.05) is 30.8 Å². The van der Waals surface area contributed by atoms with Crippen LogP contribution in [-0.4, -0.2) is 62.6 Å². The number of anilines is 1. The Morgan fingerprint density at radius 2 is 1.81 bits per heavy atom. The van der Waals surface area contributed by atoms with Gasteiger partial charge in [-0.15, -0.1) is 0 Å². The summed E-state index contributed by atoms with van der Waals surface area (Å²) in [6.07, 6.45) is 0.832. The predicted octanol–water partition coefficient (Wildman–Crippen LogP) is 2.70. The highest BCUT2D eigenvalue weighted by molar-refractivity contribution is 7.92. The molecule has 202 valence electrons. The number of carbonyl (C=O) groups is 2. The van der Waals surface area contributed by atoms with Crippen LogP contribution in [-0.2, 0) is 26.2 Å². The number of hydrogen-bond acceptors (Lipinski definition) is 7. The van der Waals surface area contributed by atoms with Gasteiger partial charge in [0.15, 0.2) is 0 Å². The number of nitro groups is 1. The fraction of sp³-hybridized carbons (Fsp3) is 0.417. The van der Waals surface area contributed by atoms with Crippen molar-refractivity contribution in [3.05, 3.63) is 64.0 Å². The average molecular weight is 539 g/mol. The summed E-state index contributed by atoms with van der Waals surface area (Å²) < 4.78 is 45.7. The number of amides is 2. The maximum Gasteiger partial charge on any atom is 0.271 e. The Balaban J connectivity index is 2.51. The third kappa shape index (κ3) is 7.87. The highest BCUT2D eigenvalue weighted by Crippen LogP contribution is 2.34. The van der Waals surface area contributed by atoms with Crippen molar-refractivity contribution < 1.29 is 32.1 Å². The molecule has 37 heavy (non-hydrogen) atoms. The first-order valence-electron chi connectivity index (χ1n) is 11.4. The molecule has 2 aromatic carbocycles. The summed E-state index contributed by atoms with van der Waals surface area (Å²) in [6.45, 7) is 4.45. The van der Waals surface area contributed by atoms with Crippen LogP contribution < -0.4 is 14.4 Å². The minimum Gasteiger partial charge on any atom is -0.495 e. The van der Waals surface area contributed by atoms with Crippen molar-refractivity contribution in [3.8, 4) is 5.75 Å². The van der Waals surface area contributed by atoms with Crippen LogP contribution in [0.1, 0.15) is 26.3 Å². The van der Waals surface area contributed by atoms with Crippen LogP contribution in [0.5, 0.6) is 5.75 Å². The number of hydrogen-bond donors (Lipinski definition) is 1. The van der Waals surface area contributed by atoms with Crippen LogP contribution in [0.2, 0.25) is 0 Å². The van der Waals surface area contributed by atoms with Crippen molar-refractivity contribution in [2.24, 2.45) is 5.92 Å². The van der Waals surface area contributed by atoms with Gasteiger partial charge in [-0.3, -0.25) is 24.0 Å². The summed E-state index contributed by atoms with van der Waals surface area (Å²) in [5.41, 5.74) is -0.518. The van der Waals surface area contributed by atoms with Crippen molar-refractivity contribution in [3.63, 3.8) is 0 Å². The normalized spacial score (nSPS) is 12.1. The molecule has 0 saturated carbocycles. The van der Waals surface area contributed by atoms with Crippen LogP contribution in [0.4, 0.5) is 15.8 Å². The Labute approximate surface area is 215 Å². The maximum absolute atomic E-state index is 14.4. The number of carbonyl (C=O) groups excluding carboxylic acids is 2. The van der Waals surface area contributed by atoms with E-state index in [-0.39, 0.29) is 29.5 Å². The Morgan fingerprint density at radius 1 is 1.16 bits per heavy atom. The van der Waals surface area contributed by atoms with Crippen LogP contribution in [0, 0.1) is 21.8 Å². The van der Waals surface area contributed by atoms with E-state index in [1.807, 2.05) is 13.8 Å². The van der Waals surface area contributed by atoms with E-state index in [1.54, 1.807) is 6.07 Å². The fourth-order valence-electron chi connectivity index (χ4n) is 3.43. The second-order valence-electron chi connectivity index (χ2n) is 8.81. The van der Waals surface area contributed by atoms with E-state index >= 15 is 0 Å². The zero-order chi connectivity index (χ0) is 27.9. The number of nitrogens with one attached hydrogen (secondary N) is 1. The van der Waals surface area contributed by atoms with Gasteiger partial charge in [-0.1, -0.05) is 32.0 Å². The van der Waals surface area contributed by atoms with Crippen LogP contribution in [0.15, 0.2) is 42.5 Å². The van der Waals surface area contributed by atoms with Crippen LogP contribution in [0.25, 0.3) is 0 Å². The molecule has 1 atom stereocenters. The van der Waals surface area contributed by atoms with Gasteiger partial charge in [-0.25, -0.2) is 12.8 Å². The number of rotatable bonds is 12. The average Bonchev–Trinajstić information content (AvgIpc) is 2.83. The Hall–Kier alpha value is -3.74. The lowest BCUT2D eigenvalue weighted by molar-refractivity contribution is -0.384. The first-order chi connectivity index (χ1) is 17.3. The van der Waals surface area contributed by atoms with E-state index in [4.69, 9.17) is 4.74 Å². The van der Waals surface area contributed by atoms with Crippen LogP contribution in [0.3, 0.4) is 0 Å². The molecule has 0 aliphatic carbocycles. The molecule has 0 heterocycles. The van der Waals surface area contributed by atoms with Gasteiger partial charge in [0, 0.05) is 30.8 Å². The molecule has 2 rings (SSSR count). The maximum atomic E-state index is 14.4. The molecule has 0 aliphatic rings. The number of nitro benzene ring substituents is 1. The third-order valence-corrected chi connectivity index (χ3v) is 6.60. The van der Waals surface area contributed by atoms with Gasteiger partial charge in [0.1, 0.15) is 29.8 Å². The number of non-ortho nitro benzene ring substituents is 1. The Morgan fingerprint density at radius 3 is 2.35 bits per heavy atom. The molecule has 0 radical (unpaired) electrons. The van der Waals surface area contributed by atoms with Gasteiger partial charge in [0.25, 0.3) is 5.69 Å². The van der Waals surface area contributed by atoms with Crippen molar-refractivity contribution >= 4 is 33.2 Å². The van der Waals surface area contributed by atoms with Gasteiger partial charge in [-0.2, -0.15) is 0 Å². The van der Waals surface area contributed by atoms with E-state index < -0.39 is 50.9 Å². The van der Waals surface area contributed by atoms with Gasteiger partial charge in [-0.05, 0) is 25.0 Å². The van der Waals surface area contributed by atoms with Crippen molar-refractivity contribution in [2.45, 2.75) is 33.4 Å². The first kappa shape index (κ1) is 29.5. The monoisotopic (exact) mass is 538 g/mol. The molecule has 0 aromatic heterocycles. The van der Waals surface area contributed by atoms with E-state index in [9.17, 15) is 32.5 Å². The standard InChI is InChI=1S/C24H31FN4O7S/c1-16(2)13-26-24(31)17(3)27(14-18-8-6-7-9-20(18)25)23(30)15-28(37(5,34)35)21-12-19(29(32)33)10-11-22(21)36-4/h6-12,16-17H,13-15H2,1-5H3,(H,26,31)/t17-/m1/s1. The number of halogens is 1. The number of methoxy groups -OCH3 is 1. The molecule has 0 bridgehead atoms. The molecule has 2 aromatic rings. The topological polar surface area (TPSA) is 139 Å². The number of nitrogens with zero attached hydrogens (tertiary/aromatic N) is 3. The number of benzene rings is 2. The highest BCUT2D eigenvalue weighted by atomic mass is 32.2. The zero-order valence-corrected chi connectivity index (χ0v) is 22.1. The van der Waals surface area contributed by atoms with E-state index in [0.717, 1.165) is 23.3 Å². The molecule has 0 saturated heterocycles. The molecule has 13 heteroatoms. The highest BCUT2D eigenvalue weighted by Gasteiger charge is 2.32. The summed E-state index contributed by atoms with van der Waals surface area (Å²) in [5, 5.41) is 14.0. The lowest BCUT2D eigenvalue weighted by Crippen LogP contribution is -2.51. The lowest BCUT2D eigenvalue weighted by Gasteiger charge is -2.32. The summed E-state index contributed by atoms with van der Waals surface area (Å²) in [7, 11) is -2.91. The third-order valence-electron chi connectivity index (χ3n) is 5.47. The van der Waals surface area contributed by atoms with E-state index in [0.29, 0.717) is 10.8 Å². The molecule has 1 N–H and O–H groups in total. The largest absolute Gasteiger partial charge is 0.495 e. The Bertz CT molecular complexity index is 1250. The molecule has 11 nitrogen and oxygen atoms in total. The predicted molar refractivity (Wildman–Crippen MR) is 136 cm³/mol. The van der Waals surface area contributed by atoms with Gasteiger partial charge in [0.2, 0.25) is 21.8 Å². The summed E-state index contributed by atoms with van der Waals surface area (Å²) in [4.78, 5) is 38.0. The molecule has 0 fully saturated rings. The first-order valence-corrected chi connectivity index (χ1v) is 13.2. The molecule has 0 unspecified atom stereocenters. The van der Waals surface area contributed by atoms with Gasteiger partial charge in [0.05, 0.1) is 18.3 Å². The minimum absolute atomic E-state index is 0.0211. The molecule has 2 amide bonds. The SMILES string of the molecule is COc1ccc([N+](=O)[O-])cc1N(CC(=O)N(Cc1ccccc1F)[C@H](C)C(=O)NCC(C)C)S(C)(=O)=O. The fourth-order valence-corrected chi connectivity index (χ4v) is 4.27. The molecular formula is C24H31FN4O7S. The molecule has 0 aliphatic heterocycles. The zero-order valence-electron chi connectivity index (χ0n) is 21.3. The second-order valence-corrected chi connectivity index (χ2v) is 10.7. The van der Waals surface area contributed by atoms with Gasteiger partial charge < -0.3 is 15.0 Å². The van der Waals surface area contributed by atoms with Gasteiger partial charge >= 0.3 is 0 Å². The van der Waals surface area contributed by atoms with Crippen molar-refractivity contribution in [1.29, 1.82) is 0 Å². The summed E-state index contributed by atoms with van der Waals surface area (Å²) >= 11 is 0. The Kier molecular flexibility index (Phi) is 9.95.